The molecule has 5 heteroatoms. The van der Waals surface area contributed by atoms with E-state index in [1.54, 1.807) is 0 Å². The maximum absolute atomic E-state index is 4.35. The van der Waals surface area contributed by atoms with E-state index in [1.165, 1.54) is 5.56 Å². The van der Waals surface area contributed by atoms with Gasteiger partial charge in [-0.15, -0.1) is 12.4 Å². The first-order valence-electron chi connectivity index (χ1n) is 5.61. The molecular formula is C11H21ClN4. The van der Waals surface area contributed by atoms with Crippen molar-refractivity contribution >= 4 is 12.4 Å². The Morgan fingerprint density at radius 2 is 2.25 bits per heavy atom. The average molecular weight is 245 g/mol. The van der Waals surface area contributed by atoms with Gasteiger partial charge >= 0.3 is 0 Å². The predicted molar refractivity (Wildman–Crippen MR) is 68.0 cm³/mol. The van der Waals surface area contributed by atoms with E-state index in [9.17, 15) is 0 Å². The van der Waals surface area contributed by atoms with Crippen molar-refractivity contribution in [2.45, 2.75) is 32.5 Å². The molecule has 0 saturated carbocycles. The van der Waals surface area contributed by atoms with E-state index in [2.05, 4.69) is 42.4 Å². The van der Waals surface area contributed by atoms with Gasteiger partial charge in [-0.05, 0) is 20.9 Å². The molecule has 0 atom stereocenters. The van der Waals surface area contributed by atoms with Crippen molar-refractivity contribution in [3.05, 3.63) is 18.0 Å². The van der Waals surface area contributed by atoms with E-state index in [1.807, 2.05) is 10.9 Å². The first kappa shape index (κ1) is 13.5. The normalized spacial score (nSPS) is 16.3. The van der Waals surface area contributed by atoms with Gasteiger partial charge in [0, 0.05) is 43.5 Å². The maximum Gasteiger partial charge on any atom is 0.0534 e. The van der Waals surface area contributed by atoms with Gasteiger partial charge in [0.25, 0.3) is 0 Å². The number of halogens is 1. The molecule has 1 saturated heterocycles. The van der Waals surface area contributed by atoms with Crippen LogP contribution in [0.3, 0.4) is 0 Å². The van der Waals surface area contributed by atoms with Gasteiger partial charge in [-0.2, -0.15) is 5.10 Å². The van der Waals surface area contributed by atoms with Crippen molar-refractivity contribution in [1.82, 2.24) is 20.0 Å². The highest BCUT2D eigenvalue weighted by Crippen LogP contribution is 2.10. The van der Waals surface area contributed by atoms with Gasteiger partial charge in [0.2, 0.25) is 0 Å². The van der Waals surface area contributed by atoms with E-state index < -0.39 is 0 Å². The monoisotopic (exact) mass is 244 g/mol. The van der Waals surface area contributed by atoms with Gasteiger partial charge in [-0.1, -0.05) is 0 Å². The molecule has 1 aromatic heterocycles. The second-order valence-electron chi connectivity index (χ2n) is 4.65. The quantitative estimate of drug-likeness (QED) is 0.867. The molecule has 4 nitrogen and oxygen atoms in total. The van der Waals surface area contributed by atoms with Crippen LogP contribution in [0.1, 0.15) is 25.5 Å². The first-order valence-corrected chi connectivity index (χ1v) is 5.61. The summed E-state index contributed by atoms with van der Waals surface area (Å²) in [6, 6.07) is 1.15. The Balaban J connectivity index is 0.00000128. The number of likely N-dealkylation sites (N-methyl/N-ethyl adjacent to an activating group) is 1. The van der Waals surface area contributed by atoms with Gasteiger partial charge in [0.1, 0.15) is 0 Å². The zero-order chi connectivity index (χ0) is 10.8. The second-order valence-corrected chi connectivity index (χ2v) is 4.65. The summed E-state index contributed by atoms with van der Waals surface area (Å²) >= 11 is 0. The third-order valence-electron chi connectivity index (χ3n) is 3.00. The molecule has 2 rings (SSSR count). The minimum atomic E-state index is 0. The average Bonchev–Trinajstić information content (AvgIpc) is 2.48. The van der Waals surface area contributed by atoms with Crippen LogP contribution in [0.15, 0.2) is 12.4 Å². The fourth-order valence-corrected chi connectivity index (χ4v) is 1.74. The lowest BCUT2D eigenvalue weighted by molar-refractivity contribution is 0.173. The van der Waals surface area contributed by atoms with Crippen LogP contribution in [0.2, 0.25) is 0 Å². The molecule has 1 fully saturated rings. The van der Waals surface area contributed by atoms with Crippen LogP contribution in [0.4, 0.5) is 0 Å². The number of nitrogens with zero attached hydrogens (tertiary/aromatic N) is 3. The van der Waals surface area contributed by atoms with Crippen LogP contribution in [0, 0.1) is 0 Å². The predicted octanol–water partition coefficient (Wildman–Crippen LogP) is 1.29. The Morgan fingerprint density at radius 3 is 2.69 bits per heavy atom. The van der Waals surface area contributed by atoms with Crippen molar-refractivity contribution in [3.63, 3.8) is 0 Å². The number of hydrogen-bond donors (Lipinski definition) is 1. The molecule has 1 aromatic rings. The van der Waals surface area contributed by atoms with Gasteiger partial charge in [-0.3, -0.25) is 9.58 Å². The molecule has 0 amide bonds. The molecule has 2 heterocycles. The minimum absolute atomic E-state index is 0. The molecule has 16 heavy (non-hydrogen) atoms. The third-order valence-corrected chi connectivity index (χ3v) is 3.00. The van der Waals surface area contributed by atoms with Crippen LogP contribution >= 0.6 is 12.4 Å². The SMILES string of the molecule is CC(C)n1cc(CN(C)C2CNC2)cn1.Cl. The molecule has 0 spiro atoms. The Kier molecular flexibility index (Phi) is 4.77. The summed E-state index contributed by atoms with van der Waals surface area (Å²) in [7, 11) is 2.18. The molecule has 0 aromatic carbocycles. The smallest absolute Gasteiger partial charge is 0.0534 e. The molecule has 92 valence electrons. The molecule has 0 bridgehead atoms. The Hall–Kier alpha value is -0.580. The summed E-state index contributed by atoms with van der Waals surface area (Å²) in [5.74, 6) is 0. The summed E-state index contributed by atoms with van der Waals surface area (Å²) < 4.78 is 2.02. The Bertz CT molecular complexity index is 320. The summed E-state index contributed by atoms with van der Waals surface area (Å²) in [6.45, 7) is 7.54. The van der Waals surface area contributed by atoms with Gasteiger partial charge in [0.15, 0.2) is 0 Å². The molecule has 0 radical (unpaired) electrons. The van der Waals surface area contributed by atoms with E-state index in [0.29, 0.717) is 12.1 Å². The third kappa shape index (κ3) is 2.97. The van der Waals surface area contributed by atoms with Crippen molar-refractivity contribution in [3.8, 4) is 0 Å². The van der Waals surface area contributed by atoms with Gasteiger partial charge in [0.05, 0.1) is 6.20 Å². The lowest BCUT2D eigenvalue weighted by Crippen LogP contribution is -2.55. The molecule has 0 unspecified atom stereocenters. The number of nitrogens with one attached hydrogen (secondary N) is 1. The van der Waals surface area contributed by atoms with E-state index in [0.717, 1.165) is 19.6 Å². The Labute approximate surface area is 103 Å². The van der Waals surface area contributed by atoms with Crippen LogP contribution < -0.4 is 5.32 Å². The van der Waals surface area contributed by atoms with Crippen molar-refractivity contribution in [1.29, 1.82) is 0 Å². The highest BCUT2D eigenvalue weighted by molar-refractivity contribution is 5.85. The highest BCUT2D eigenvalue weighted by Gasteiger charge is 2.21. The summed E-state index contributed by atoms with van der Waals surface area (Å²) in [5.41, 5.74) is 1.30. The largest absolute Gasteiger partial charge is 0.314 e. The topological polar surface area (TPSA) is 33.1 Å². The minimum Gasteiger partial charge on any atom is -0.314 e. The molecule has 1 aliphatic rings. The number of hydrogen-bond acceptors (Lipinski definition) is 3. The summed E-state index contributed by atoms with van der Waals surface area (Å²) in [4.78, 5) is 2.39. The fourth-order valence-electron chi connectivity index (χ4n) is 1.74. The highest BCUT2D eigenvalue weighted by atomic mass is 35.5. The van der Waals surface area contributed by atoms with Crippen molar-refractivity contribution < 1.29 is 0 Å². The van der Waals surface area contributed by atoms with Crippen LogP contribution in [0.5, 0.6) is 0 Å². The van der Waals surface area contributed by atoms with E-state index >= 15 is 0 Å². The van der Waals surface area contributed by atoms with Crippen molar-refractivity contribution in [2.75, 3.05) is 20.1 Å². The fraction of sp³-hybridized carbons (Fsp3) is 0.727. The standard InChI is InChI=1S/C11H20N4.ClH/c1-9(2)15-8-10(4-13-15)7-14(3)11-5-12-6-11;/h4,8-9,11-12H,5-7H2,1-3H3;1H. The maximum atomic E-state index is 4.35. The molecular weight excluding hydrogens is 224 g/mol. The van der Waals surface area contributed by atoms with Gasteiger partial charge in [-0.25, -0.2) is 0 Å². The zero-order valence-electron chi connectivity index (χ0n) is 10.2. The zero-order valence-corrected chi connectivity index (χ0v) is 11.0. The summed E-state index contributed by atoms with van der Waals surface area (Å²) in [6.07, 6.45) is 4.12. The molecule has 1 aliphatic heterocycles. The lowest BCUT2D eigenvalue weighted by Gasteiger charge is -2.35. The van der Waals surface area contributed by atoms with Crippen LogP contribution in [-0.4, -0.2) is 40.9 Å². The van der Waals surface area contributed by atoms with Gasteiger partial charge < -0.3 is 5.32 Å². The lowest BCUT2D eigenvalue weighted by atomic mass is 10.1. The second kappa shape index (κ2) is 5.66. The molecule has 0 aliphatic carbocycles. The molecule has 1 N–H and O–H groups in total. The first-order chi connectivity index (χ1) is 7.16. The van der Waals surface area contributed by atoms with Crippen LogP contribution in [0.25, 0.3) is 0 Å². The van der Waals surface area contributed by atoms with Crippen LogP contribution in [-0.2, 0) is 6.54 Å². The Morgan fingerprint density at radius 1 is 1.56 bits per heavy atom. The van der Waals surface area contributed by atoms with E-state index in [-0.39, 0.29) is 12.4 Å². The number of rotatable bonds is 4. The van der Waals surface area contributed by atoms with Crippen molar-refractivity contribution in [2.24, 2.45) is 0 Å². The number of aromatic nitrogens is 2. The summed E-state index contributed by atoms with van der Waals surface area (Å²) in [5, 5.41) is 7.64. The van der Waals surface area contributed by atoms with E-state index in [4.69, 9.17) is 0 Å².